The van der Waals surface area contributed by atoms with Crippen molar-refractivity contribution in [2.75, 3.05) is 0 Å². The molecule has 24 rings (SSSR count). The average molecular weight is 1420 g/mol. The molecule has 0 amide bonds. The summed E-state index contributed by atoms with van der Waals surface area (Å²) in [6.07, 6.45) is 0. The topological polar surface area (TPSA) is 0 Å². The van der Waals surface area contributed by atoms with Crippen molar-refractivity contribution in [2.24, 2.45) is 0 Å². The van der Waals surface area contributed by atoms with E-state index in [-0.39, 0.29) is 10.8 Å². The van der Waals surface area contributed by atoms with Gasteiger partial charge < -0.3 is 0 Å². The van der Waals surface area contributed by atoms with E-state index < -0.39 is 0 Å². The Morgan fingerprint density at radius 1 is 0.189 bits per heavy atom. The van der Waals surface area contributed by atoms with E-state index in [2.05, 4.69) is 331 Å². The first-order valence-electron chi connectivity index (χ1n) is 36.9. The monoisotopic (exact) mass is 1410 g/mol. The molecule has 0 atom stereocenters. The molecule has 0 aliphatic heterocycles. The van der Waals surface area contributed by atoms with Gasteiger partial charge in [0.1, 0.15) is 0 Å². The summed E-state index contributed by atoms with van der Waals surface area (Å²) in [6, 6.07) is 117. The molecule has 0 radical (unpaired) electrons. The van der Waals surface area contributed by atoms with Crippen LogP contribution < -0.4 is 0 Å². The van der Waals surface area contributed by atoms with Crippen LogP contribution in [0.2, 0.25) is 0 Å². The number of thiophene rings is 4. The summed E-state index contributed by atoms with van der Waals surface area (Å²) >= 11 is 7.82. The van der Waals surface area contributed by atoms with Gasteiger partial charge >= 0.3 is 0 Å². The van der Waals surface area contributed by atoms with Crippen molar-refractivity contribution < 1.29 is 0 Å². The molecule has 106 heavy (non-hydrogen) atoms. The van der Waals surface area contributed by atoms with Gasteiger partial charge in [0.05, 0.1) is 0 Å². The highest BCUT2D eigenvalue weighted by molar-refractivity contribution is 7.31. The molecule has 4 heteroatoms. The summed E-state index contributed by atoms with van der Waals surface area (Å²) in [5, 5.41) is 26.2. The predicted molar refractivity (Wildman–Crippen MR) is 465 cm³/mol. The van der Waals surface area contributed by atoms with Crippen molar-refractivity contribution in [3.8, 4) is 77.9 Å². The second kappa shape index (κ2) is 21.5. The Labute approximate surface area is 627 Å². The second-order valence-electron chi connectivity index (χ2n) is 30.7. The molecule has 0 nitrogen and oxygen atoms in total. The van der Waals surface area contributed by atoms with Gasteiger partial charge in [0.25, 0.3) is 0 Å². The largest absolute Gasteiger partial charge is 0.135 e. The van der Waals surface area contributed by atoms with E-state index in [4.69, 9.17) is 0 Å². The van der Waals surface area contributed by atoms with Crippen molar-refractivity contribution in [1.82, 2.24) is 0 Å². The van der Waals surface area contributed by atoms with Crippen molar-refractivity contribution >= 4 is 191 Å². The van der Waals surface area contributed by atoms with Crippen LogP contribution in [0.25, 0.3) is 223 Å². The first-order valence-corrected chi connectivity index (χ1v) is 40.2. The van der Waals surface area contributed by atoms with Crippen LogP contribution >= 0.6 is 45.3 Å². The SMILES string of the molecule is CC1(C)c2ccccc2-c2ccc(-c3c4ccccc4c(-c4ccc5c(c4)sc4c6ccccc6c6sc7ccc(-c8ccc9c(c8)c8sc%10cc(-c%11c%12ccccc%12c(-c%12cccc%13c%12C(C)(C)c%12ccccc%12-%13)c%12ccccc%11%12)ccc%10c8c8sc%10ccccc%10c98)cc7c6c54)c4ccccc34)cc21. The molecule has 0 bridgehead atoms. The van der Waals surface area contributed by atoms with Crippen molar-refractivity contribution in [1.29, 1.82) is 0 Å². The summed E-state index contributed by atoms with van der Waals surface area (Å²) < 4.78 is 10.7. The molecule has 2 aliphatic carbocycles. The Morgan fingerprint density at radius 3 is 1.15 bits per heavy atom. The maximum Gasteiger partial charge on any atom is 0.0455 e. The molecule has 18 aromatic carbocycles. The molecule has 0 unspecified atom stereocenters. The zero-order valence-electron chi connectivity index (χ0n) is 58.5. The fourth-order valence-corrected chi connectivity index (χ4v) is 25.1. The van der Waals surface area contributed by atoms with Crippen LogP contribution in [0, 0.1) is 0 Å². The van der Waals surface area contributed by atoms with Gasteiger partial charge in [-0.05, 0) is 191 Å². The maximum absolute atomic E-state index is 2.54. The van der Waals surface area contributed by atoms with Gasteiger partial charge in [0.15, 0.2) is 0 Å². The number of benzene rings is 18. The number of fused-ring (bicyclic) bond motifs is 30. The van der Waals surface area contributed by atoms with Crippen LogP contribution in [-0.2, 0) is 10.8 Å². The van der Waals surface area contributed by atoms with Crippen LogP contribution in [0.15, 0.2) is 303 Å². The molecule has 4 heterocycles. The van der Waals surface area contributed by atoms with Crippen LogP contribution in [0.3, 0.4) is 0 Å². The zero-order valence-corrected chi connectivity index (χ0v) is 61.8. The predicted octanol–water partition coefficient (Wildman–Crippen LogP) is 31.0. The Kier molecular flexibility index (Phi) is 12.1. The smallest absolute Gasteiger partial charge is 0.0455 e. The van der Waals surface area contributed by atoms with Crippen molar-refractivity contribution in [2.45, 2.75) is 38.5 Å². The minimum absolute atomic E-state index is 0.101. The molecule has 4 aromatic heterocycles. The standard InChI is InChI=1S/C102H62S4/c1-101(2)81-37-18-15-22-60(81)62-45-41-57(52-83(62)101)88-63-24-5-7-26-65(63)89(66-27-8-6-25-64(66)88)58-42-47-76-86(53-58)105-97-73-32-13-14-33-74(73)98-94(93(76)97)80-51-56(44-49-85(80)103-98)55-40-46-71-79(50-55)99-95(100-92(71)75-34-17-20-39-84(75)104-100)77-48-43-59(54-87(77)106-99)90-67-28-9-11-30-69(67)91(70-31-12-10-29-68(70)90)78-36-21-35-72-61-23-16-19-38-82(61)102(3,4)96(72)78/h5-54H,1-4H3. The quantitative estimate of drug-likeness (QED) is 0.151. The highest BCUT2D eigenvalue weighted by Crippen LogP contribution is 2.59. The lowest BCUT2D eigenvalue weighted by Crippen LogP contribution is -2.16. The number of rotatable bonds is 5. The summed E-state index contributed by atoms with van der Waals surface area (Å²) in [6.45, 7) is 9.61. The van der Waals surface area contributed by atoms with Gasteiger partial charge in [0, 0.05) is 108 Å². The molecule has 22 aromatic rings. The van der Waals surface area contributed by atoms with Crippen LogP contribution in [0.5, 0.6) is 0 Å². The molecule has 0 fully saturated rings. The van der Waals surface area contributed by atoms with Gasteiger partial charge in [-0.2, -0.15) is 0 Å². The summed E-state index contributed by atoms with van der Waals surface area (Å²) in [7, 11) is 0. The first kappa shape index (κ1) is 59.7. The molecule has 0 saturated heterocycles. The van der Waals surface area contributed by atoms with Gasteiger partial charge in [-0.1, -0.05) is 289 Å². The van der Waals surface area contributed by atoms with Crippen LogP contribution in [0.4, 0.5) is 0 Å². The van der Waals surface area contributed by atoms with E-state index in [9.17, 15) is 0 Å². The van der Waals surface area contributed by atoms with E-state index in [0.717, 1.165) is 0 Å². The normalized spacial score (nSPS) is 13.8. The van der Waals surface area contributed by atoms with E-state index in [0.29, 0.717) is 0 Å². The Balaban J connectivity index is 0.673. The van der Waals surface area contributed by atoms with Crippen LogP contribution in [0.1, 0.15) is 49.9 Å². The lowest BCUT2D eigenvalue weighted by molar-refractivity contribution is 0.660. The highest BCUT2D eigenvalue weighted by atomic mass is 32.1. The Hall–Kier alpha value is -11.6. The Morgan fingerprint density at radius 2 is 0.557 bits per heavy atom. The molecule has 494 valence electrons. The minimum atomic E-state index is -0.163. The third-order valence-electron chi connectivity index (χ3n) is 24.6. The van der Waals surface area contributed by atoms with E-state index in [1.165, 1.54) is 245 Å². The van der Waals surface area contributed by atoms with E-state index in [1.807, 2.05) is 45.3 Å². The molecular weight excluding hydrogens is 1350 g/mol. The van der Waals surface area contributed by atoms with Crippen molar-refractivity contribution in [3.05, 3.63) is 326 Å². The van der Waals surface area contributed by atoms with Gasteiger partial charge in [-0.25, -0.2) is 0 Å². The Bertz CT molecular complexity index is 7650. The fourth-order valence-electron chi connectivity index (χ4n) is 20.0. The number of hydrogen-bond donors (Lipinski definition) is 0. The average Bonchev–Trinajstić information content (AvgIpc) is 1.56. The molecule has 0 spiro atoms. The second-order valence-corrected chi connectivity index (χ2v) is 34.9. The summed E-state index contributed by atoms with van der Waals surface area (Å²) in [4.78, 5) is 0. The maximum atomic E-state index is 2.54. The molecule has 0 N–H and O–H groups in total. The van der Waals surface area contributed by atoms with Gasteiger partial charge in [0.2, 0.25) is 0 Å². The first-order chi connectivity index (χ1) is 52.1. The zero-order chi connectivity index (χ0) is 69.7. The molecular formula is C102H62S4. The van der Waals surface area contributed by atoms with Gasteiger partial charge in [-0.3, -0.25) is 0 Å². The number of hydrogen-bond acceptors (Lipinski definition) is 4. The molecule has 0 saturated carbocycles. The van der Waals surface area contributed by atoms with Crippen molar-refractivity contribution in [3.63, 3.8) is 0 Å². The van der Waals surface area contributed by atoms with Gasteiger partial charge in [-0.15, -0.1) is 45.3 Å². The molecule has 2 aliphatic rings. The van der Waals surface area contributed by atoms with E-state index in [1.54, 1.807) is 0 Å². The van der Waals surface area contributed by atoms with E-state index >= 15 is 0 Å². The lowest BCUT2D eigenvalue weighted by Gasteiger charge is -2.26. The highest BCUT2D eigenvalue weighted by Gasteiger charge is 2.39. The summed E-state index contributed by atoms with van der Waals surface area (Å²) in [5.41, 5.74) is 23.5. The lowest BCUT2D eigenvalue weighted by atomic mass is 9.77. The van der Waals surface area contributed by atoms with Crippen LogP contribution in [-0.4, -0.2) is 0 Å². The summed E-state index contributed by atoms with van der Waals surface area (Å²) in [5.74, 6) is 0. The minimum Gasteiger partial charge on any atom is -0.135 e. The fraction of sp³-hybridized carbons (Fsp3) is 0.0588. The third kappa shape index (κ3) is 7.96. The third-order valence-corrected chi connectivity index (χ3v) is 29.3.